The van der Waals surface area contributed by atoms with Gasteiger partial charge in [-0.2, -0.15) is 13.2 Å². The van der Waals surface area contributed by atoms with Gasteiger partial charge in [0.1, 0.15) is 23.0 Å². The van der Waals surface area contributed by atoms with E-state index in [9.17, 15) is 26.7 Å². The number of amides is 1. The minimum absolute atomic E-state index is 0.0504. The Kier molecular flexibility index (Phi) is 7.39. The number of imidazole rings is 1. The fourth-order valence-corrected chi connectivity index (χ4v) is 4.30. The van der Waals surface area contributed by atoms with Crippen molar-refractivity contribution in [2.75, 3.05) is 17.0 Å². The summed E-state index contributed by atoms with van der Waals surface area (Å²) in [6.07, 6.45) is 0.305. The van der Waals surface area contributed by atoms with Gasteiger partial charge in [0.2, 0.25) is 5.91 Å². The number of anilines is 2. The number of carbonyl (C=O) groups excluding carboxylic acids is 1. The lowest BCUT2D eigenvalue weighted by Gasteiger charge is -2.25. The molecular weight excluding hydrogens is 551 g/mol. The van der Waals surface area contributed by atoms with Crippen LogP contribution in [0.2, 0.25) is 0 Å². The van der Waals surface area contributed by atoms with Gasteiger partial charge in [0, 0.05) is 24.4 Å². The average Bonchev–Trinajstić information content (AvgIpc) is 3.58. The van der Waals surface area contributed by atoms with Crippen LogP contribution < -0.4 is 20.9 Å². The highest BCUT2D eigenvalue weighted by Crippen LogP contribution is 2.40. The molecule has 0 bridgehead atoms. The van der Waals surface area contributed by atoms with Gasteiger partial charge in [-0.25, -0.2) is 13.8 Å². The molecule has 2 aromatic carbocycles. The molecule has 0 saturated carbocycles. The zero-order valence-electron chi connectivity index (χ0n) is 21.5. The van der Waals surface area contributed by atoms with E-state index < -0.39 is 35.2 Å². The van der Waals surface area contributed by atoms with Crippen LogP contribution in [0.25, 0.3) is 17.3 Å². The molecule has 214 valence electrons. The van der Waals surface area contributed by atoms with Crippen LogP contribution in [0.4, 0.5) is 33.5 Å². The second-order valence-corrected chi connectivity index (χ2v) is 9.12. The number of halogens is 5. The van der Waals surface area contributed by atoms with E-state index in [1.807, 2.05) is 6.92 Å². The minimum atomic E-state index is -4.71. The largest absolute Gasteiger partial charge is 0.494 e. The van der Waals surface area contributed by atoms with Crippen LogP contribution in [0.5, 0.6) is 5.75 Å². The molecule has 14 heteroatoms. The smallest absolute Gasteiger partial charge is 0.417 e. The number of nitrogens with two attached hydrogens (primary N) is 1. The van der Waals surface area contributed by atoms with E-state index in [-0.39, 0.29) is 47.4 Å². The van der Waals surface area contributed by atoms with Gasteiger partial charge in [-0.15, -0.1) is 0 Å². The predicted octanol–water partition coefficient (Wildman–Crippen LogP) is 5.71. The Bertz CT molecular complexity index is 1610. The van der Waals surface area contributed by atoms with Crippen molar-refractivity contribution < 1.29 is 36.0 Å². The molecule has 3 N–H and O–H groups in total. The molecule has 1 unspecified atom stereocenters. The van der Waals surface area contributed by atoms with Crippen molar-refractivity contribution in [3.05, 3.63) is 83.6 Å². The van der Waals surface area contributed by atoms with Gasteiger partial charge >= 0.3 is 6.18 Å². The Balaban J connectivity index is 1.40. The van der Waals surface area contributed by atoms with E-state index in [0.29, 0.717) is 12.1 Å². The lowest BCUT2D eigenvalue weighted by atomic mass is 10.0. The minimum Gasteiger partial charge on any atom is -0.494 e. The molecule has 0 spiro atoms. The van der Waals surface area contributed by atoms with Crippen LogP contribution in [-0.2, 0) is 17.5 Å². The molecule has 1 aliphatic heterocycles. The first-order chi connectivity index (χ1) is 19.6. The third kappa shape index (κ3) is 5.58. The molecule has 41 heavy (non-hydrogen) atoms. The maximum Gasteiger partial charge on any atom is 0.417 e. The molecular formula is C27H23F5N6O3. The highest BCUT2D eigenvalue weighted by atomic mass is 19.4. The van der Waals surface area contributed by atoms with Crippen molar-refractivity contribution in [1.82, 2.24) is 14.7 Å². The average molecular weight is 575 g/mol. The first-order valence-electron chi connectivity index (χ1n) is 12.4. The Morgan fingerprint density at radius 2 is 2.00 bits per heavy atom. The van der Waals surface area contributed by atoms with Gasteiger partial charge in [0.05, 0.1) is 24.2 Å². The quantitative estimate of drug-likeness (QED) is 0.246. The number of nitrogens with one attached hydrogen (secondary N) is 1. The highest BCUT2D eigenvalue weighted by Gasteiger charge is 2.36. The summed E-state index contributed by atoms with van der Waals surface area (Å²) in [4.78, 5) is 16.6. The summed E-state index contributed by atoms with van der Waals surface area (Å²) in [6, 6.07) is 8.47. The van der Waals surface area contributed by atoms with E-state index in [0.717, 1.165) is 12.1 Å². The molecule has 1 aliphatic rings. The molecule has 0 aliphatic carbocycles. The zero-order chi connectivity index (χ0) is 29.3. The summed E-state index contributed by atoms with van der Waals surface area (Å²) in [5.74, 6) is -3.73. The van der Waals surface area contributed by atoms with Crippen LogP contribution in [0.1, 0.15) is 36.3 Å². The summed E-state index contributed by atoms with van der Waals surface area (Å²) in [5.41, 5.74) is 7.52. The number of benzene rings is 2. The number of primary amides is 1. The Morgan fingerprint density at radius 1 is 1.20 bits per heavy atom. The third-order valence-electron chi connectivity index (χ3n) is 6.32. The van der Waals surface area contributed by atoms with Gasteiger partial charge in [-0.1, -0.05) is 18.1 Å². The van der Waals surface area contributed by atoms with Gasteiger partial charge in [0.25, 0.3) is 0 Å². The van der Waals surface area contributed by atoms with Gasteiger partial charge in [-0.3, -0.25) is 15.2 Å². The van der Waals surface area contributed by atoms with Crippen molar-refractivity contribution in [2.45, 2.75) is 32.0 Å². The van der Waals surface area contributed by atoms with E-state index in [1.165, 1.54) is 47.9 Å². The number of alkyl halides is 3. The van der Waals surface area contributed by atoms with Crippen molar-refractivity contribution >= 4 is 23.5 Å². The highest BCUT2D eigenvalue weighted by molar-refractivity contribution is 5.82. The Hall–Kier alpha value is -4.88. The molecule has 1 atom stereocenters. The maximum absolute atomic E-state index is 14.2. The molecule has 9 nitrogen and oxygen atoms in total. The lowest BCUT2D eigenvalue weighted by Crippen LogP contribution is -2.29. The van der Waals surface area contributed by atoms with Crippen LogP contribution >= 0.6 is 0 Å². The summed E-state index contributed by atoms with van der Waals surface area (Å²) in [7, 11) is 0. The van der Waals surface area contributed by atoms with Crippen molar-refractivity contribution in [1.29, 1.82) is 0 Å². The molecule has 0 saturated heterocycles. The van der Waals surface area contributed by atoms with E-state index >= 15 is 0 Å². The predicted molar refractivity (Wildman–Crippen MR) is 138 cm³/mol. The number of fused-ring (bicyclic) bond motifs is 1. The molecule has 3 heterocycles. The number of ether oxygens (including phenoxy) is 1. The number of rotatable bonds is 9. The van der Waals surface area contributed by atoms with E-state index in [2.05, 4.69) is 15.6 Å². The topological polar surface area (TPSA) is 111 Å². The van der Waals surface area contributed by atoms with Crippen LogP contribution in [-0.4, -0.2) is 27.2 Å². The second-order valence-electron chi connectivity index (χ2n) is 9.12. The summed E-state index contributed by atoms with van der Waals surface area (Å²) >= 11 is 0. The molecule has 0 fully saturated rings. The summed E-state index contributed by atoms with van der Waals surface area (Å²) in [5, 5.41) is 5.02. The van der Waals surface area contributed by atoms with Crippen molar-refractivity contribution in [2.24, 2.45) is 5.73 Å². The van der Waals surface area contributed by atoms with Crippen LogP contribution in [0.3, 0.4) is 0 Å². The number of hydrazine groups is 1. The van der Waals surface area contributed by atoms with Gasteiger partial charge in [0.15, 0.2) is 23.2 Å². The first-order valence-corrected chi connectivity index (χ1v) is 12.4. The van der Waals surface area contributed by atoms with Crippen molar-refractivity contribution in [3.63, 3.8) is 0 Å². The van der Waals surface area contributed by atoms with Crippen molar-refractivity contribution in [3.8, 4) is 17.0 Å². The van der Waals surface area contributed by atoms with Crippen LogP contribution in [0.15, 0.2) is 59.5 Å². The van der Waals surface area contributed by atoms with Crippen LogP contribution in [0, 0.1) is 11.6 Å². The number of nitrogens with zero attached hydrogens (tertiary/aromatic N) is 4. The normalized spacial score (nSPS) is 13.6. The number of hydrogen-bond donors (Lipinski definition) is 2. The zero-order valence-corrected chi connectivity index (χ0v) is 21.5. The van der Waals surface area contributed by atoms with E-state index in [1.54, 1.807) is 10.6 Å². The molecule has 4 aromatic rings. The Morgan fingerprint density at radius 3 is 2.73 bits per heavy atom. The lowest BCUT2D eigenvalue weighted by molar-refractivity contribution is -0.137. The molecule has 1 amide bonds. The SMILES string of the molecule is CCCOc1ccc(-c2cc(C(Cn3cnc4c3C=CN(c3cccc(F)c3F)N4)C(N)=O)on2)c(C(F)(F)F)c1. The molecule has 5 rings (SSSR count). The first kappa shape index (κ1) is 27.7. The monoisotopic (exact) mass is 574 g/mol. The van der Waals surface area contributed by atoms with E-state index in [4.69, 9.17) is 15.0 Å². The summed E-state index contributed by atoms with van der Waals surface area (Å²) < 4.78 is 81.7. The fraction of sp³-hybridized carbons (Fsp3) is 0.222. The fourth-order valence-electron chi connectivity index (χ4n) is 4.30. The number of aromatic nitrogens is 3. The van der Waals surface area contributed by atoms with Gasteiger partial charge < -0.3 is 19.6 Å². The second kappa shape index (κ2) is 10.9. The molecule has 2 aromatic heterocycles. The summed E-state index contributed by atoms with van der Waals surface area (Å²) in [6.45, 7) is 2.00. The van der Waals surface area contributed by atoms with Gasteiger partial charge in [-0.05, 0) is 42.8 Å². The maximum atomic E-state index is 14.2. The molecule has 0 radical (unpaired) electrons. The third-order valence-corrected chi connectivity index (χ3v) is 6.32. The Labute approximate surface area is 230 Å². The standard InChI is InChI=1S/C27H23F5N6O3/c1-2-10-40-15-6-7-16(18(11-15)27(30,31)32)20-12-23(41-36-20)17(25(33)39)13-37-14-34-26-22(37)8-9-38(35-26)21-5-3-4-19(28)24(21)29/h3-9,11-12,14,17,35H,2,10,13H2,1H3,(H2,33,39). The number of carbonyl (C=O) groups is 1. The number of hydrogen-bond acceptors (Lipinski definition) is 7.